The highest BCUT2D eigenvalue weighted by atomic mass is 16.3. The molecule has 17 heavy (non-hydrogen) atoms. The van der Waals surface area contributed by atoms with Gasteiger partial charge in [0.1, 0.15) is 11.9 Å². The normalized spacial score (nSPS) is 23.4. The number of aliphatic hydroxyl groups is 1. The Labute approximate surface area is 101 Å². The van der Waals surface area contributed by atoms with Crippen molar-refractivity contribution >= 4 is 5.82 Å². The maximum Gasteiger partial charge on any atom is 0.144 e. The number of nitriles is 1. The summed E-state index contributed by atoms with van der Waals surface area (Å²) in [5.74, 6) is 1.15. The third-order valence-corrected chi connectivity index (χ3v) is 3.34. The van der Waals surface area contributed by atoms with Crippen LogP contribution in [0.1, 0.15) is 30.4 Å². The Morgan fingerprint density at radius 3 is 3.06 bits per heavy atom. The fourth-order valence-electron chi connectivity index (χ4n) is 2.31. The lowest BCUT2D eigenvalue weighted by atomic mass is 10.1. The van der Waals surface area contributed by atoms with Gasteiger partial charge in [0, 0.05) is 12.7 Å². The van der Waals surface area contributed by atoms with Crippen LogP contribution >= 0.6 is 0 Å². The number of hydrogen-bond donors (Lipinski definition) is 2. The van der Waals surface area contributed by atoms with Crippen molar-refractivity contribution in [2.45, 2.75) is 32.3 Å². The number of anilines is 1. The predicted molar refractivity (Wildman–Crippen MR) is 65.5 cm³/mol. The zero-order chi connectivity index (χ0) is 12.3. The van der Waals surface area contributed by atoms with Crippen molar-refractivity contribution in [3.05, 3.63) is 23.4 Å². The summed E-state index contributed by atoms with van der Waals surface area (Å²) in [5.41, 5.74) is 1.56. The third kappa shape index (κ3) is 2.75. The molecule has 2 rings (SSSR count). The predicted octanol–water partition coefficient (Wildman–Crippen LogP) is 1.83. The number of aromatic nitrogens is 1. The highest BCUT2D eigenvalue weighted by Crippen LogP contribution is 2.26. The largest absolute Gasteiger partial charge is 0.393 e. The van der Waals surface area contributed by atoms with Gasteiger partial charge in [-0.2, -0.15) is 5.26 Å². The smallest absolute Gasteiger partial charge is 0.144 e. The van der Waals surface area contributed by atoms with Gasteiger partial charge in [0.25, 0.3) is 0 Å². The summed E-state index contributed by atoms with van der Waals surface area (Å²) in [5, 5.41) is 21.7. The van der Waals surface area contributed by atoms with Crippen LogP contribution in [0.5, 0.6) is 0 Å². The summed E-state index contributed by atoms with van der Waals surface area (Å²) in [6.07, 6.45) is 4.34. The lowest BCUT2D eigenvalue weighted by molar-refractivity contribution is 0.178. The first-order valence-corrected chi connectivity index (χ1v) is 5.98. The van der Waals surface area contributed by atoms with Gasteiger partial charge in [0.05, 0.1) is 11.7 Å². The van der Waals surface area contributed by atoms with Crippen molar-refractivity contribution in [2.75, 3.05) is 11.9 Å². The fourth-order valence-corrected chi connectivity index (χ4v) is 2.31. The van der Waals surface area contributed by atoms with E-state index >= 15 is 0 Å². The van der Waals surface area contributed by atoms with E-state index in [1.54, 1.807) is 6.20 Å². The lowest BCUT2D eigenvalue weighted by Crippen LogP contribution is -2.14. The number of rotatable bonds is 3. The van der Waals surface area contributed by atoms with Gasteiger partial charge < -0.3 is 10.4 Å². The molecule has 1 aromatic heterocycles. The van der Waals surface area contributed by atoms with E-state index in [1.165, 1.54) is 0 Å². The molecule has 4 heteroatoms. The van der Waals surface area contributed by atoms with Crippen LogP contribution < -0.4 is 5.32 Å². The molecule has 0 bridgehead atoms. The van der Waals surface area contributed by atoms with Crippen molar-refractivity contribution in [3.63, 3.8) is 0 Å². The van der Waals surface area contributed by atoms with E-state index < -0.39 is 0 Å². The highest BCUT2D eigenvalue weighted by Gasteiger charge is 2.22. The van der Waals surface area contributed by atoms with Crippen LogP contribution in [0.2, 0.25) is 0 Å². The SMILES string of the molecule is Cc1ccnc(NCC2CCC(O)C2)c1C#N. The Hall–Kier alpha value is -1.60. The van der Waals surface area contributed by atoms with Crippen molar-refractivity contribution in [1.29, 1.82) is 5.26 Å². The van der Waals surface area contributed by atoms with Gasteiger partial charge in [-0.1, -0.05) is 0 Å². The molecule has 0 aliphatic heterocycles. The van der Waals surface area contributed by atoms with E-state index in [9.17, 15) is 5.11 Å². The molecule has 1 aliphatic carbocycles. The second-order valence-electron chi connectivity index (χ2n) is 4.68. The molecule has 0 radical (unpaired) electrons. The van der Waals surface area contributed by atoms with Crippen LogP contribution in [0.4, 0.5) is 5.82 Å². The standard InChI is InChI=1S/C13H17N3O/c1-9-4-5-15-13(12(9)7-14)16-8-10-2-3-11(17)6-10/h4-5,10-11,17H,2-3,6,8H2,1H3,(H,15,16). The Kier molecular flexibility index (Phi) is 3.60. The Morgan fingerprint density at radius 1 is 1.59 bits per heavy atom. The van der Waals surface area contributed by atoms with Crippen LogP contribution in [0.3, 0.4) is 0 Å². The monoisotopic (exact) mass is 231 g/mol. The molecule has 0 amide bonds. The molecule has 1 fully saturated rings. The van der Waals surface area contributed by atoms with Gasteiger partial charge in [-0.05, 0) is 43.7 Å². The van der Waals surface area contributed by atoms with Crippen molar-refractivity contribution < 1.29 is 5.11 Å². The second kappa shape index (κ2) is 5.15. The van der Waals surface area contributed by atoms with Crippen LogP contribution in [0.25, 0.3) is 0 Å². The summed E-state index contributed by atoms with van der Waals surface area (Å²) in [6, 6.07) is 4.01. The maximum absolute atomic E-state index is 9.45. The number of hydrogen-bond acceptors (Lipinski definition) is 4. The van der Waals surface area contributed by atoms with Gasteiger partial charge in [-0.25, -0.2) is 4.98 Å². The molecule has 2 N–H and O–H groups in total. The number of pyridine rings is 1. The van der Waals surface area contributed by atoms with Gasteiger partial charge in [-0.15, -0.1) is 0 Å². The number of aryl methyl sites for hydroxylation is 1. The zero-order valence-corrected chi connectivity index (χ0v) is 9.98. The first-order valence-electron chi connectivity index (χ1n) is 5.98. The molecule has 1 aromatic rings. The minimum Gasteiger partial charge on any atom is -0.393 e. The van der Waals surface area contributed by atoms with Crippen LogP contribution in [-0.2, 0) is 0 Å². The van der Waals surface area contributed by atoms with Crippen LogP contribution in [0.15, 0.2) is 12.3 Å². The average molecular weight is 231 g/mol. The molecule has 1 saturated carbocycles. The molecule has 4 nitrogen and oxygen atoms in total. The number of aliphatic hydroxyl groups excluding tert-OH is 1. The summed E-state index contributed by atoms with van der Waals surface area (Å²) < 4.78 is 0. The van der Waals surface area contributed by atoms with Crippen molar-refractivity contribution in [1.82, 2.24) is 4.98 Å². The van der Waals surface area contributed by atoms with Gasteiger partial charge in [0.2, 0.25) is 0 Å². The van der Waals surface area contributed by atoms with Crippen LogP contribution in [0, 0.1) is 24.2 Å². The molecule has 1 aliphatic rings. The molecular weight excluding hydrogens is 214 g/mol. The van der Waals surface area contributed by atoms with E-state index in [1.807, 2.05) is 13.0 Å². The van der Waals surface area contributed by atoms with E-state index in [0.717, 1.165) is 31.4 Å². The van der Waals surface area contributed by atoms with E-state index in [4.69, 9.17) is 5.26 Å². The summed E-state index contributed by atoms with van der Waals surface area (Å²) >= 11 is 0. The molecule has 0 spiro atoms. The minimum absolute atomic E-state index is 0.150. The van der Waals surface area contributed by atoms with Crippen molar-refractivity contribution in [3.8, 4) is 6.07 Å². The summed E-state index contributed by atoms with van der Waals surface area (Å²) in [7, 11) is 0. The van der Waals surface area contributed by atoms with Gasteiger partial charge in [-0.3, -0.25) is 0 Å². The second-order valence-corrected chi connectivity index (χ2v) is 4.68. The van der Waals surface area contributed by atoms with E-state index in [0.29, 0.717) is 17.3 Å². The first-order chi connectivity index (χ1) is 8.20. The minimum atomic E-state index is -0.150. The van der Waals surface area contributed by atoms with Crippen LogP contribution in [-0.4, -0.2) is 22.7 Å². The molecule has 2 unspecified atom stereocenters. The molecule has 0 saturated heterocycles. The Balaban J connectivity index is 2.00. The Morgan fingerprint density at radius 2 is 2.41 bits per heavy atom. The van der Waals surface area contributed by atoms with E-state index in [2.05, 4.69) is 16.4 Å². The lowest BCUT2D eigenvalue weighted by Gasteiger charge is -2.12. The number of nitrogens with zero attached hydrogens (tertiary/aromatic N) is 2. The quantitative estimate of drug-likeness (QED) is 0.832. The molecule has 2 atom stereocenters. The zero-order valence-electron chi connectivity index (χ0n) is 9.98. The Bertz CT molecular complexity index is 439. The average Bonchev–Trinajstić information content (AvgIpc) is 2.72. The topological polar surface area (TPSA) is 68.9 Å². The molecular formula is C13H17N3O. The highest BCUT2D eigenvalue weighted by molar-refractivity contribution is 5.55. The van der Waals surface area contributed by atoms with Gasteiger partial charge in [0.15, 0.2) is 0 Å². The van der Waals surface area contributed by atoms with Gasteiger partial charge >= 0.3 is 0 Å². The maximum atomic E-state index is 9.45. The molecule has 1 heterocycles. The third-order valence-electron chi connectivity index (χ3n) is 3.34. The molecule has 90 valence electrons. The van der Waals surface area contributed by atoms with E-state index in [-0.39, 0.29) is 6.10 Å². The van der Waals surface area contributed by atoms with Crippen molar-refractivity contribution in [2.24, 2.45) is 5.92 Å². The number of nitrogens with one attached hydrogen (secondary N) is 1. The summed E-state index contributed by atoms with van der Waals surface area (Å²) in [6.45, 7) is 2.69. The summed E-state index contributed by atoms with van der Waals surface area (Å²) in [4.78, 5) is 4.19. The fraction of sp³-hybridized carbons (Fsp3) is 0.538. The molecule has 0 aromatic carbocycles. The first kappa shape index (κ1) is 11.9.